The number of amides is 1. The Kier molecular flexibility index (Phi) is 5.24. The van der Waals surface area contributed by atoms with Crippen molar-refractivity contribution in [1.82, 2.24) is 9.47 Å². The number of likely N-dealkylation sites (N-methyl/N-ethyl adjacent to an activating group) is 1. The largest absolute Gasteiger partial charge is 0.468 e. The number of methoxy groups -OCH3 is 1. The van der Waals surface area contributed by atoms with E-state index in [2.05, 4.69) is 4.74 Å². The van der Waals surface area contributed by atoms with Gasteiger partial charge in [-0.05, 0) is 13.8 Å². The van der Waals surface area contributed by atoms with Crippen LogP contribution in [-0.4, -0.2) is 46.5 Å². The third-order valence-electron chi connectivity index (χ3n) is 2.87. The van der Waals surface area contributed by atoms with E-state index in [9.17, 15) is 19.7 Å². The fraction of sp³-hybridized carbons (Fsp3) is 0.500. The lowest BCUT2D eigenvalue weighted by Gasteiger charge is -2.19. The third-order valence-corrected chi connectivity index (χ3v) is 2.87. The van der Waals surface area contributed by atoms with E-state index in [1.54, 1.807) is 13.8 Å². The Morgan fingerprint density at radius 3 is 2.55 bits per heavy atom. The van der Waals surface area contributed by atoms with Crippen molar-refractivity contribution in [2.45, 2.75) is 20.4 Å². The average molecular weight is 283 g/mol. The summed E-state index contributed by atoms with van der Waals surface area (Å²) < 4.78 is 6.01. The standard InChI is InChI=1S/C12H17N3O5/c1-4-13-7-9(15(18)19)6-10(13)12(17)14(5-2)8-11(16)20-3/h6-7H,4-5,8H2,1-3H3. The van der Waals surface area contributed by atoms with Gasteiger partial charge in [-0.2, -0.15) is 0 Å². The number of rotatable bonds is 6. The minimum absolute atomic E-state index is 0.149. The molecular formula is C12H17N3O5. The maximum Gasteiger partial charge on any atom is 0.325 e. The molecule has 0 radical (unpaired) electrons. The fourth-order valence-electron chi connectivity index (χ4n) is 1.75. The molecule has 0 bridgehead atoms. The molecule has 0 fully saturated rings. The van der Waals surface area contributed by atoms with Gasteiger partial charge in [0.25, 0.3) is 11.6 Å². The molecule has 0 aliphatic carbocycles. The molecule has 0 saturated carbocycles. The first-order valence-corrected chi connectivity index (χ1v) is 6.15. The number of nitro groups is 1. The minimum atomic E-state index is -0.556. The van der Waals surface area contributed by atoms with Gasteiger partial charge in [-0.25, -0.2) is 0 Å². The van der Waals surface area contributed by atoms with E-state index in [4.69, 9.17) is 0 Å². The van der Waals surface area contributed by atoms with Crippen LogP contribution in [0.2, 0.25) is 0 Å². The number of aryl methyl sites for hydroxylation is 1. The van der Waals surface area contributed by atoms with Crippen LogP contribution in [0.5, 0.6) is 0 Å². The molecule has 0 unspecified atom stereocenters. The van der Waals surface area contributed by atoms with Crippen molar-refractivity contribution < 1.29 is 19.2 Å². The molecule has 0 atom stereocenters. The van der Waals surface area contributed by atoms with Gasteiger partial charge < -0.3 is 14.2 Å². The molecule has 1 heterocycles. The highest BCUT2D eigenvalue weighted by molar-refractivity contribution is 5.95. The molecule has 1 rings (SSSR count). The van der Waals surface area contributed by atoms with Gasteiger partial charge in [0, 0.05) is 19.2 Å². The van der Waals surface area contributed by atoms with Gasteiger partial charge in [0.2, 0.25) is 0 Å². The van der Waals surface area contributed by atoms with Gasteiger partial charge in [0.1, 0.15) is 12.2 Å². The minimum Gasteiger partial charge on any atom is -0.468 e. The summed E-state index contributed by atoms with van der Waals surface area (Å²) in [6, 6.07) is 1.21. The molecule has 8 heteroatoms. The van der Waals surface area contributed by atoms with Crippen LogP contribution in [0, 0.1) is 10.1 Å². The van der Waals surface area contributed by atoms with Gasteiger partial charge in [-0.15, -0.1) is 0 Å². The summed E-state index contributed by atoms with van der Waals surface area (Å²) in [7, 11) is 1.24. The summed E-state index contributed by atoms with van der Waals surface area (Å²) in [6.07, 6.45) is 1.30. The fourth-order valence-corrected chi connectivity index (χ4v) is 1.75. The van der Waals surface area contributed by atoms with Crippen LogP contribution in [-0.2, 0) is 16.1 Å². The number of ether oxygens (including phenoxy) is 1. The van der Waals surface area contributed by atoms with Crippen LogP contribution in [0.3, 0.4) is 0 Å². The monoisotopic (exact) mass is 283 g/mol. The second-order valence-electron chi connectivity index (χ2n) is 4.02. The van der Waals surface area contributed by atoms with Crippen LogP contribution in [0.25, 0.3) is 0 Å². The van der Waals surface area contributed by atoms with Crippen molar-refractivity contribution in [3.63, 3.8) is 0 Å². The predicted octanol–water partition coefficient (Wildman–Crippen LogP) is 1.05. The van der Waals surface area contributed by atoms with E-state index in [1.807, 2.05) is 0 Å². The van der Waals surface area contributed by atoms with E-state index in [-0.39, 0.29) is 17.9 Å². The zero-order valence-electron chi connectivity index (χ0n) is 11.7. The molecule has 110 valence electrons. The van der Waals surface area contributed by atoms with Crippen molar-refractivity contribution in [1.29, 1.82) is 0 Å². The van der Waals surface area contributed by atoms with E-state index >= 15 is 0 Å². The molecule has 20 heavy (non-hydrogen) atoms. The number of aromatic nitrogens is 1. The topological polar surface area (TPSA) is 94.7 Å². The molecule has 0 aliphatic rings. The van der Waals surface area contributed by atoms with Gasteiger partial charge in [0.15, 0.2) is 0 Å². The molecule has 1 aromatic rings. The third kappa shape index (κ3) is 3.34. The normalized spacial score (nSPS) is 10.2. The summed E-state index contributed by atoms with van der Waals surface area (Å²) in [5, 5.41) is 10.8. The molecule has 1 amide bonds. The SMILES string of the molecule is CCN(CC(=O)OC)C(=O)c1cc([N+](=O)[O-])cn1CC. The second kappa shape index (κ2) is 6.69. The lowest BCUT2D eigenvalue weighted by atomic mass is 10.3. The molecular weight excluding hydrogens is 266 g/mol. The number of nitrogens with zero attached hydrogens (tertiary/aromatic N) is 3. The maximum atomic E-state index is 12.3. The summed E-state index contributed by atoms with van der Waals surface area (Å²) in [5.74, 6) is -0.975. The number of esters is 1. The quantitative estimate of drug-likeness (QED) is 0.442. The van der Waals surface area contributed by atoms with Gasteiger partial charge in [-0.3, -0.25) is 19.7 Å². The highest BCUT2D eigenvalue weighted by atomic mass is 16.6. The first-order chi connectivity index (χ1) is 9.44. The van der Waals surface area contributed by atoms with Crippen molar-refractivity contribution in [3.8, 4) is 0 Å². The van der Waals surface area contributed by atoms with Crippen LogP contribution < -0.4 is 0 Å². The Hall–Kier alpha value is -2.38. The zero-order chi connectivity index (χ0) is 15.3. The van der Waals surface area contributed by atoms with Crippen LogP contribution >= 0.6 is 0 Å². The molecule has 8 nitrogen and oxygen atoms in total. The van der Waals surface area contributed by atoms with E-state index in [1.165, 1.54) is 28.8 Å². The summed E-state index contributed by atoms with van der Waals surface area (Å²) >= 11 is 0. The first kappa shape index (κ1) is 15.7. The molecule has 0 aromatic carbocycles. The highest BCUT2D eigenvalue weighted by Crippen LogP contribution is 2.18. The number of carbonyl (C=O) groups excluding carboxylic acids is 2. The van der Waals surface area contributed by atoms with Crippen molar-refractivity contribution in [2.24, 2.45) is 0 Å². The Morgan fingerprint density at radius 2 is 2.10 bits per heavy atom. The number of hydrogen-bond acceptors (Lipinski definition) is 5. The number of hydrogen-bond donors (Lipinski definition) is 0. The average Bonchev–Trinajstić information content (AvgIpc) is 2.87. The van der Waals surface area contributed by atoms with Gasteiger partial charge >= 0.3 is 5.97 Å². The van der Waals surface area contributed by atoms with Crippen LogP contribution in [0.15, 0.2) is 12.3 Å². The zero-order valence-corrected chi connectivity index (χ0v) is 11.7. The van der Waals surface area contributed by atoms with Gasteiger partial charge in [0.05, 0.1) is 18.2 Å². The van der Waals surface area contributed by atoms with Crippen LogP contribution in [0.4, 0.5) is 5.69 Å². The first-order valence-electron chi connectivity index (χ1n) is 6.15. The number of carbonyl (C=O) groups is 2. The Morgan fingerprint density at radius 1 is 1.45 bits per heavy atom. The Labute approximate surface area is 116 Å². The van der Waals surface area contributed by atoms with Crippen molar-refractivity contribution in [2.75, 3.05) is 20.2 Å². The Bertz CT molecular complexity index is 523. The van der Waals surface area contributed by atoms with E-state index < -0.39 is 16.8 Å². The van der Waals surface area contributed by atoms with E-state index in [0.717, 1.165) is 0 Å². The molecule has 0 N–H and O–H groups in total. The highest BCUT2D eigenvalue weighted by Gasteiger charge is 2.24. The molecule has 1 aromatic heterocycles. The molecule has 0 aliphatic heterocycles. The molecule has 0 saturated heterocycles. The summed E-state index contributed by atoms with van der Waals surface area (Å²) in [4.78, 5) is 35.1. The lowest BCUT2D eigenvalue weighted by molar-refractivity contribution is -0.384. The summed E-state index contributed by atoms with van der Waals surface area (Å²) in [5.41, 5.74) is 0.0364. The maximum absolute atomic E-state index is 12.3. The predicted molar refractivity (Wildman–Crippen MR) is 70.4 cm³/mol. The van der Waals surface area contributed by atoms with E-state index in [0.29, 0.717) is 13.1 Å². The second-order valence-corrected chi connectivity index (χ2v) is 4.02. The van der Waals surface area contributed by atoms with Crippen molar-refractivity contribution >= 4 is 17.6 Å². The smallest absolute Gasteiger partial charge is 0.325 e. The Balaban J connectivity index is 3.05. The van der Waals surface area contributed by atoms with Gasteiger partial charge in [-0.1, -0.05) is 0 Å². The van der Waals surface area contributed by atoms with Crippen LogP contribution in [0.1, 0.15) is 24.3 Å². The lowest BCUT2D eigenvalue weighted by Crippen LogP contribution is -2.37. The molecule has 0 spiro atoms. The van der Waals surface area contributed by atoms with Crippen molar-refractivity contribution in [3.05, 3.63) is 28.1 Å². The summed E-state index contributed by atoms with van der Waals surface area (Å²) in [6.45, 7) is 4.03.